The van der Waals surface area contributed by atoms with E-state index in [1.165, 1.54) is 18.5 Å². The zero-order valence-corrected chi connectivity index (χ0v) is 25.8. The summed E-state index contributed by atoms with van der Waals surface area (Å²) in [5.74, 6) is -1.25. The molecule has 0 spiro atoms. The molecule has 15 heteroatoms. The highest BCUT2D eigenvalue weighted by Gasteiger charge is 2.58. The van der Waals surface area contributed by atoms with E-state index in [9.17, 15) is 18.7 Å². The normalized spacial score (nSPS) is 12.5. The van der Waals surface area contributed by atoms with Gasteiger partial charge in [-0.05, 0) is 70.1 Å². The van der Waals surface area contributed by atoms with Crippen molar-refractivity contribution in [3.8, 4) is 17.6 Å². The van der Waals surface area contributed by atoms with Crippen molar-refractivity contribution in [2.24, 2.45) is 0 Å². The molecule has 3 aromatic carbocycles. The van der Waals surface area contributed by atoms with Gasteiger partial charge in [0.2, 0.25) is 0 Å². The lowest BCUT2D eigenvalue weighted by molar-refractivity contribution is -0.207. The molecule has 0 radical (unpaired) electrons. The number of pyridine rings is 1. The highest BCUT2D eigenvalue weighted by atomic mass is 19.3. The molecule has 1 atom stereocenters. The lowest BCUT2D eigenvalue weighted by atomic mass is 9.84. The first-order chi connectivity index (χ1) is 24.0. The Morgan fingerprint density at radius 1 is 0.880 bits per heavy atom. The molecule has 0 aliphatic heterocycles. The van der Waals surface area contributed by atoms with Crippen molar-refractivity contribution in [2.75, 3.05) is 0 Å². The maximum Gasteiger partial charge on any atom is 0.338 e. The first kappa shape index (κ1) is 33.5. The van der Waals surface area contributed by atoms with Crippen LogP contribution in [-0.4, -0.2) is 51.2 Å². The molecule has 0 aliphatic rings. The Labute approximate surface area is 281 Å². The van der Waals surface area contributed by atoms with Gasteiger partial charge >= 0.3 is 11.9 Å². The predicted molar refractivity (Wildman–Crippen MR) is 168 cm³/mol. The number of hydrogen-bond donors (Lipinski definition) is 2. The van der Waals surface area contributed by atoms with Crippen molar-refractivity contribution in [2.45, 2.75) is 31.2 Å². The van der Waals surface area contributed by atoms with E-state index in [0.29, 0.717) is 36.1 Å². The van der Waals surface area contributed by atoms with Crippen LogP contribution in [-0.2, 0) is 31.2 Å². The number of aromatic nitrogens is 7. The minimum absolute atomic E-state index is 0.121. The third-order valence-electron chi connectivity index (χ3n) is 7.62. The molecule has 3 heterocycles. The van der Waals surface area contributed by atoms with E-state index in [1.54, 1.807) is 28.9 Å². The van der Waals surface area contributed by atoms with E-state index < -0.39 is 46.9 Å². The van der Waals surface area contributed by atoms with Gasteiger partial charge in [0.1, 0.15) is 36.0 Å². The number of aliphatic hydroxyl groups is 1. The van der Waals surface area contributed by atoms with Crippen molar-refractivity contribution in [3.05, 3.63) is 154 Å². The number of alkyl halides is 2. The average molecular weight is 684 g/mol. The van der Waals surface area contributed by atoms with Crippen molar-refractivity contribution in [1.29, 1.82) is 0 Å². The third-order valence-corrected chi connectivity index (χ3v) is 7.62. The van der Waals surface area contributed by atoms with Gasteiger partial charge in [-0.2, -0.15) is 13.9 Å². The van der Waals surface area contributed by atoms with Gasteiger partial charge in [-0.15, -0.1) is 5.10 Å². The number of nitrogens with zero attached hydrogens (tertiary/aromatic N) is 7. The standard InChI is InChI=1S/C35H25F4N7O4/c36-28-10-13-30(31(37)15-28)34(49,21-46-22-41-43-44-46)35(38,39)32-14-9-24(16-40-32)2-1-23-7-11-29(12-8-23)50-20-26-5-3-25(4-6-26)18-45-19-27(17-42-45)33(47)48/h3-17,19,22,49H,18,20-21H2,(H,47,48). The number of rotatable bonds is 11. The molecule has 0 saturated carbocycles. The lowest BCUT2D eigenvalue weighted by Crippen LogP contribution is -2.48. The molecular weight excluding hydrogens is 658 g/mol. The smallest absolute Gasteiger partial charge is 0.338 e. The van der Waals surface area contributed by atoms with Crippen LogP contribution in [0.5, 0.6) is 5.75 Å². The lowest BCUT2D eigenvalue weighted by Gasteiger charge is -2.35. The highest BCUT2D eigenvalue weighted by Crippen LogP contribution is 2.46. The molecule has 0 saturated heterocycles. The summed E-state index contributed by atoms with van der Waals surface area (Å²) in [5.41, 5.74) is -2.11. The Bertz CT molecular complexity index is 2160. The number of carboxylic acid groups (broad SMARTS) is 1. The Morgan fingerprint density at radius 2 is 1.60 bits per heavy atom. The van der Waals surface area contributed by atoms with Crippen LogP contribution in [0.1, 0.15) is 43.9 Å². The monoisotopic (exact) mass is 683 g/mol. The van der Waals surface area contributed by atoms with Crippen LogP contribution in [0, 0.1) is 23.5 Å². The van der Waals surface area contributed by atoms with Gasteiger partial charge in [-0.25, -0.2) is 18.3 Å². The van der Waals surface area contributed by atoms with E-state index in [2.05, 4.69) is 37.4 Å². The Balaban J connectivity index is 1.09. The summed E-state index contributed by atoms with van der Waals surface area (Å²) in [6.07, 6.45) is 4.83. The second-order valence-electron chi connectivity index (χ2n) is 11.1. The zero-order chi connectivity index (χ0) is 35.3. The Hall–Kier alpha value is -6.40. The van der Waals surface area contributed by atoms with Crippen LogP contribution in [0.25, 0.3) is 0 Å². The van der Waals surface area contributed by atoms with Crippen LogP contribution in [0.4, 0.5) is 17.6 Å². The summed E-state index contributed by atoms with van der Waals surface area (Å²) < 4.78 is 68.4. The van der Waals surface area contributed by atoms with Gasteiger partial charge in [0.25, 0.3) is 0 Å². The molecule has 6 rings (SSSR count). The highest BCUT2D eigenvalue weighted by molar-refractivity contribution is 5.86. The zero-order valence-electron chi connectivity index (χ0n) is 25.8. The molecule has 252 valence electrons. The van der Waals surface area contributed by atoms with Crippen molar-refractivity contribution >= 4 is 5.97 Å². The molecule has 0 bridgehead atoms. The third kappa shape index (κ3) is 7.35. The molecular formula is C35H25F4N7O4. The summed E-state index contributed by atoms with van der Waals surface area (Å²) in [4.78, 5) is 14.9. The van der Waals surface area contributed by atoms with E-state index in [4.69, 9.17) is 9.84 Å². The largest absolute Gasteiger partial charge is 0.489 e. The summed E-state index contributed by atoms with van der Waals surface area (Å²) in [6, 6.07) is 18.7. The number of aromatic carboxylic acids is 1. The van der Waals surface area contributed by atoms with Gasteiger partial charge in [0, 0.05) is 35.2 Å². The van der Waals surface area contributed by atoms with Crippen molar-refractivity contribution in [1.82, 2.24) is 35.0 Å². The summed E-state index contributed by atoms with van der Waals surface area (Å²) in [7, 11) is 0. The van der Waals surface area contributed by atoms with E-state index in [1.807, 2.05) is 24.3 Å². The van der Waals surface area contributed by atoms with E-state index in [-0.39, 0.29) is 5.56 Å². The quantitative estimate of drug-likeness (QED) is 0.143. The van der Waals surface area contributed by atoms with E-state index in [0.717, 1.165) is 46.5 Å². The fourth-order valence-electron chi connectivity index (χ4n) is 4.96. The van der Waals surface area contributed by atoms with Gasteiger partial charge in [-0.1, -0.05) is 36.1 Å². The predicted octanol–water partition coefficient (Wildman–Crippen LogP) is 4.95. The maximum absolute atomic E-state index is 16.0. The summed E-state index contributed by atoms with van der Waals surface area (Å²) >= 11 is 0. The number of halogens is 4. The molecule has 50 heavy (non-hydrogen) atoms. The molecule has 0 aliphatic carbocycles. The SMILES string of the molecule is O=C(O)c1cnn(Cc2ccc(COc3ccc(C#Cc4ccc(C(F)(F)C(O)(Cn5cnnn5)c5ccc(F)cc5F)nc4)cc3)cc2)c1. The van der Waals surface area contributed by atoms with Gasteiger partial charge in [-0.3, -0.25) is 9.67 Å². The van der Waals surface area contributed by atoms with E-state index >= 15 is 8.78 Å². The van der Waals surface area contributed by atoms with Gasteiger partial charge < -0.3 is 14.9 Å². The van der Waals surface area contributed by atoms with Crippen LogP contribution in [0.2, 0.25) is 0 Å². The molecule has 0 amide bonds. The fourth-order valence-corrected chi connectivity index (χ4v) is 4.96. The number of ether oxygens (including phenoxy) is 1. The number of carboxylic acids is 1. The minimum atomic E-state index is -4.18. The number of carbonyl (C=O) groups is 1. The van der Waals surface area contributed by atoms with Crippen molar-refractivity contribution < 1.29 is 37.3 Å². The summed E-state index contributed by atoms with van der Waals surface area (Å²) in [5, 5.41) is 34.6. The summed E-state index contributed by atoms with van der Waals surface area (Å²) in [6.45, 7) is -0.234. The van der Waals surface area contributed by atoms with Crippen LogP contribution in [0.15, 0.2) is 104 Å². The molecule has 6 aromatic rings. The first-order valence-corrected chi connectivity index (χ1v) is 14.8. The molecule has 2 N–H and O–H groups in total. The van der Waals surface area contributed by atoms with Crippen molar-refractivity contribution in [3.63, 3.8) is 0 Å². The molecule has 1 unspecified atom stereocenters. The molecule has 0 fully saturated rings. The second-order valence-corrected chi connectivity index (χ2v) is 11.1. The first-order valence-electron chi connectivity index (χ1n) is 14.8. The molecule has 3 aromatic heterocycles. The van der Waals surface area contributed by atoms with Gasteiger partial charge in [0.05, 0.1) is 24.8 Å². The number of benzene rings is 3. The Morgan fingerprint density at radius 3 is 2.24 bits per heavy atom. The maximum atomic E-state index is 16.0. The van der Waals surface area contributed by atoms with Crippen LogP contribution < -0.4 is 4.74 Å². The van der Waals surface area contributed by atoms with Crippen LogP contribution >= 0.6 is 0 Å². The Kier molecular flexibility index (Phi) is 9.37. The topological polar surface area (TPSA) is 141 Å². The fraction of sp³-hybridized carbons (Fsp3) is 0.143. The molecule has 11 nitrogen and oxygen atoms in total. The minimum Gasteiger partial charge on any atom is -0.489 e. The number of tetrazole rings is 1. The van der Waals surface area contributed by atoms with Crippen LogP contribution in [0.3, 0.4) is 0 Å². The average Bonchev–Trinajstić information content (AvgIpc) is 3.80. The van der Waals surface area contributed by atoms with Gasteiger partial charge in [0.15, 0.2) is 5.60 Å². The second kappa shape index (κ2) is 14.0. The number of hydrogen-bond acceptors (Lipinski definition) is 8.